The fourth-order valence-electron chi connectivity index (χ4n) is 4.49. The van der Waals surface area contributed by atoms with Crippen molar-refractivity contribution >= 4 is 22.7 Å². The average molecular weight is 425 g/mol. The number of halogens is 1. The molecule has 31 heavy (non-hydrogen) atoms. The Hall–Kier alpha value is -3.20. The molecule has 2 aliphatic rings. The predicted molar refractivity (Wildman–Crippen MR) is 111 cm³/mol. The molecular weight excluding hydrogens is 401 g/mol. The van der Waals surface area contributed by atoms with Gasteiger partial charge in [0.15, 0.2) is 0 Å². The van der Waals surface area contributed by atoms with Crippen LogP contribution in [0.15, 0.2) is 30.5 Å². The number of aromatic amines is 2. The van der Waals surface area contributed by atoms with E-state index in [1.54, 1.807) is 34.2 Å². The smallest absolute Gasteiger partial charge is 0.270 e. The molecule has 1 aromatic carbocycles. The highest BCUT2D eigenvalue weighted by Gasteiger charge is 2.30. The fraction of sp³-hybridized carbons (Fsp3) is 0.409. The number of ether oxygens (including phenoxy) is 1. The third kappa shape index (κ3) is 3.69. The van der Waals surface area contributed by atoms with Gasteiger partial charge in [0.1, 0.15) is 11.5 Å². The van der Waals surface area contributed by atoms with Gasteiger partial charge >= 0.3 is 0 Å². The molecule has 2 aromatic heterocycles. The van der Waals surface area contributed by atoms with Crippen LogP contribution in [0, 0.1) is 5.82 Å². The molecular formula is C22H24FN5O3. The number of aromatic nitrogens is 3. The number of rotatable bonds is 3. The van der Waals surface area contributed by atoms with Crippen molar-refractivity contribution in [1.29, 1.82) is 0 Å². The Morgan fingerprint density at radius 3 is 2.55 bits per heavy atom. The Morgan fingerprint density at radius 1 is 1.06 bits per heavy atom. The number of benzene rings is 1. The number of carbonyl (C=O) groups excluding carboxylic acids is 2. The van der Waals surface area contributed by atoms with Gasteiger partial charge in [0.2, 0.25) is 0 Å². The summed E-state index contributed by atoms with van der Waals surface area (Å²) in [7, 11) is 0. The minimum Gasteiger partial charge on any atom is -0.378 e. The molecule has 2 saturated heterocycles. The van der Waals surface area contributed by atoms with Crippen LogP contribution in [0.2, 0.25) is 0 Å². The van der Waals surface area contributed by atoms with Gasteiger partial charge in [0.25, 0.3) is 11.8 Å². The van der Waals surface area contributed by atoms with Crippen LogP contribution in [0.25, 0.3) is 10.9 Å². The Balaban J connectivity index is 1.26. The van der Waals surface area contributed by atoms with Crippen LogP contribution in [0.4, 0.5) is 4.39 Å². The van der Waals surface area contributed by atoms with Gasteiger partial charge in [-0.15, -0.1) is 0 Å². The number of morpholine rings is 1. The molecule has 3 aromatic rings. The van der Waals surface area contributed by atoms with Crippen LogP contribution in [-0.4, -0.2) is 76.2 Å². The zero-order valence-corrected chi connectivity index (χ0v) is 17.1. The molecule has 0 aliphatic carbocycles. The number of hydrogen-bond acceptors (Lipinski definition) is 4. The van der Waals surface area contributed by atoms with E-state index < -0.39 is 0 Å². The average Bonchev–Trinajstić information content (AvgIpc) is 3.47. The molecule has 0 unspecified atom stereocenters. The van der Waals surface area contributed by atoms with Crippen molar-refractivity contribution in [3.8, 4) is 0 Å². The van der Waals surface area contributed by atoms with Crippen LogP contribution < -0.4 is 0 Å². The molecule has 2 amide bonds. The van der Waals surface area contributed by atoms with Crippen LogP contribution in [0.3, 0.4) is 0 Å². The summed E-state index contributed by atoms with van der Waals surface area (Å²) < 4.78 is 19.3. The molecule has 5 rings (SSSR count). The standard InChI is InChI=1S/C22H24FN5O3/c23-17-2-1-3-18-15(17)12-19(25-18)22(30)27-6-4-14(5-7-27)20-16(13-24-26-20)21(29)28-8-10-31-11-9-28/h1-3,12-14,25H,4-11H2,(H,24,26). The van der Waals surface area contributed by atoms with Gasteiger partial charge in [0.05, 0.1) is 30.7 Å². The number of fused-ring (bicyclic) bond motifs is 1. The van der Waals surface area contributed by atoms with E-state index >= 15 is 0 Å². The third-order valence-electron chi connectivity index (χ3n) is 6.23. The number of nitrogens with zero attached hydrogens (tertiary/aromatic N) is 3. The van der Waals surface area contributed by atoms with Crippen molar-refractivity contribution < 1.29 is 18.7 Å². The van der Waals surface area contributed by atoms with Gasteiger partial charge in [-0.05, 0) is 31.0 Å². The maximum absolute atomic E-state index is 14.0. The highest BCUT2D eigenvalue weighted by molar-refractivity contribution is 5.98. The van der Waals surface area contributed by atoms with Crippen molar-refractivity contribution in [1.82, 2.24) is 25.0 Å². The van der Waals surface area contributed by atoms with Crippen molar-refractivity contribution in [3.63, 3.8) is 0 Å². The van der Waals surface area contributed by atoms with Crippen molar-refractivity contribution in [2.45, 2.75) is 18.8 Å². The number of amides is 2. The fourth-order valence-corrected chi connectivity index (χ4v) is 4.49. The van der Waals surface area contributed by atoms with Crippen LogP contribution >= 0.6 is 0 Å². The summed E-state index contributed by atoms with van der Waals surface area (Å²) in [6.07, 6.45) is 3.06. The monoisotopic (exact) mass is 425 g/mol. The molecule has 0 saturated carbocycles. The first-order valence-electron chi connectivity index (χ1n) is 10.6. The number of hydrogen-bond donors (Lipinski definition) is 2. The van der Waals surface area contributed by atoms with E-state index in [0.29, 0.717) is 61.6 Å². The van der Waals surface area contributed by atoms with E-state index in [2.05, 4.69) is 15.2 Å². The number of carbonyl (C=O) groups is 2. The SMILES string of the molecule is O=C(c1cc2c(F)cccc2[nH]1)N1CCC(c2[nH]ncc2C(=O)N2CCOCC2)CC1. The van der Waals surface area contributed by atoms with Crippen LogP contribution in [-0.2, 0) is 4.74 Å². The minimum absolute atomic E-state index is 0.0225. The first kappa shape index (κ1) is 19.7. The van der Waals surface area contributed by atoms with E-state index in [0.717, 1.165) is 18.5 Å². The molecule has 162 valence electrons. The number of nitrogens with one attached hydrogen (secondary N) is 2. The zero-order valence-electron chi connectivity index (χ0n) is 17.1. The zero-order chi connectivity index (χ0) is 21.4. The van der Waals surface area contributed by atoms with Crippen molar-refractivity contribution in [3.05, 3.63) is 53.2 Å². The summed E-state index contributed by atoms with van der Waals surface area (Å²) in [6.45, 7) is 3.40. The summed E-state index contributed by atoms with van der Waals surface area (Å²) in [5.41, 5.74) is 2.46. The second kappa shape index (κ2) is 8.14. The third-order valence-corrected chi connectivity index (χ3v) is 6.23. The highest BCUT2D eigenvalue weighted by Crippen LogP contribution is 2.30. The molecule has 0 bridgehead atoms. The second-order valence-electron chi connectivity index (χ2n) is 8.05. The lowest BCUT2D eigenvalue weighted by Gasteiger charge is -2.32. The Morgan fingerprint density at radius 2 is 1.81 bits per heavy atom. The van der Waals surface area contributed by atoms with Gasteiger partial charge in [-0.3, -0.25) is 14.7 Å². The normalized spacial score (nSPS) is 18.0. The van der Waals surface area contributed by atoms with Gasteiger partial charge in [-0.25, -0.2) is 4.39 Å². The van der Waals surface area contributed by atoms with E-state index in [9.17, 15) is 14.0 Å². The maximum Gasteiger partial charge on any atom is 0.270 e. The number of H-pyrrole nitrogens is 2. The first-order chi connectivity index (χ1) is 15.1. The lowest BCUT2D eigenvalue weighted by Crippen LogP contribution is -2.41. The van der Waals surface area contributed by atoms with Gasteiger partial charge in [-0.1, -0.05) is 6.07 Å². The Kier molecular flexibility index (Phi) is 5.19. The predicted octanol–water partition coefficient (Wildman–Crippen LogP) is 2.52. The summed E-state index contributed by atoms with van der Waals surface area (Å²) in [5.74, 6) is -0.371. The summed E-state index contributed by atoms with van der Waals surface area (Å²) >= 11 is 0. The molecule has 2 aliphatic heterocycles. The van der Waals surface area contributed by atoms with Crippen molar-refractivity contribution in [2.75, 3.05) is 39.4 Å². The molecule has 0 radical (unpaired) electrons. The van der Waals surface area contributed by atoms with E-state index in [1.165, 1.54) is 6.07 Å². The molecule has 0 spiro atoms. The number of likely N-dealkylation sites (tertiary alicyclic amines) is 1. The lowest BCUT2D eigenvalue weighted by molar-refractivity contribution is 0.0301. The molecule has 0 atom stereocenters. The largest absolute Gasteiger partial charge is 0.378 e. The lowest BCUT2D eigenvalue weighted by atomic mass is 9.91. The number of piperidine rings is 1. The van der Waals surface area contributed by atoms with Crippen molar-refractivity contribution in [2.24, 2.45) is 0 Å². The summed E-state index contributed by atoms with van der Waals surface area (Å²) in [5, 5.41) is 7.56. The van der Waals surface area contributed by atoms with Gasteiger partial charge < -0.3 is 19.5 Å². The van der Waals surface area contributed by atoms with E-state index in [4.69, 9.17) is 4.74 Å². The van der Waals surface area contributed by atoms with Gasteiger partial charge in [-0.2, -0.15) is 5.10 Å². The minimum atomic E-state index is -0.344. The van der Waals surface area contributed by atoms with Crippen LogP contribution in [0.1, 0.15) is 45.3 Å². The maximum atomic E-state index is 14.0. The summed E-state index contributed by atoms with van der Waals surface area (Å²) in [6, 6.07) is 6.34. The second-order valence-corrected chi connectivity index (χ2v) is 8.05. The molecule has 9 heteroatoms. The van der Waals surface area contributed by atoms with Gasteiger partial charge in [0, 0.05) is 43.0 Å². The molecule has 2 N–H and O–H groups in total. The Labute approximate surface area is 178 Å². The Bertz CT molecular complexity index is 1110. The first-order valence-corrected chi connectivity index (χ1v) is 10.6. The molecule has 4 heterocycles. The highest BCUT2D eigenvalue weighted by atomic mass is 19.1. The van der Waals surface area contributed by atoms with Crippen LogP contribution in [0.5, 0.6) is 0 Å². The molecule has 8 nitrogen and oxygen atoms in total. The molecule has 2 fully saturated rings. The summed E-state index contributed by atoms with van der Waals surface area (Å²) in [4.78, 5) is 32.4. The topological polar surface area (TPSA) is 94.3 Å². The van der Waals surface area contributed by atoms with E-state index in [-0.39, 0.29) is 23.5 Å². The van der Waals surface area contributed by atoms with E-state index in [1.807, 2.05) is 0 Å². The quantitative estimate of drug-likeness (QED) is 0.674.